The number of fused-ring (bicyclic) bond motifs is 1. The minimum atomic E-state index is -0.223. The fraction of sp³-hybridized carbons (Fsp3) is 0.462. The zero-order chi connectivity index (χ0) is 11.8. The molecule has 90 valence electrons. The Hall–Kier alpha value is -1.42. The quantitative estimate of drug-likeness (QED) is 0.820. The average Bonchev–Trinajstić information content (AvgIpc) is 2.67. The second-order valence-electron chi connectivity index (χ2n) is 4.66. The van der Waals surface area contributed by atoms with E-state index < -0.39 is 0 Å². The largest absolute Gasteiger partial charge is 0.330 e. The number of aryl methyl sites for hydroxylation is 1. The molecule has 1 saturated heterocycles. The smallest absolute Gasteiger partial charge is 0.126 e. The first-order valence-corrected chi connectivity index (χ1v) is 6.11. The van der Waals surface area contributed by atoms with Crippen LogP contribution in [0.5, 0.6) is 0 Å². The summed E-state index contributed by atoms with van der Waals surface area (Å²) in [6, 6.07) is 5.09. The summed E-state index contributed by atoms with van der Waals surface area (Å²) in [4.78, 5) is 4.56. The summed E-state index contributed by atoms with van der Waals surface area (Å²) in [7, 11) is 2.00. The molecule has 1 N–H and O–H groups in total. The third-order valence-electron chi connectivity index (χ3n) is 3.50. The molecule has 2 aromatic rings. The number of nitrogens with zero attached hydrogens (tertiary/aromatic N) is 2. The van der Waals surface area contributed by atoms with Gasteiger partial charge in [0, 0.05) is 13.1 Å². The van der Waals surface area contributed by atoms with Crippen LogP contribution in [0.1, 0.15) is 31.1 Å². The standard InChI is InChI=1S/C13H16FN3/c1-17-12-6-5-9(14)8-11(12)16-13(17)10-4-2-3-7-15-10/h5-6,8,10,15H,2-4,7H2,1H3. The number of nitrogens with one attached hydrogen (secondary N) is 1. The Morgan fingerprint density at radius 2 is 2.29 bits per heavy atom. The van der Waals surface area contributed by atoms with E-state index >= 15 is 0 Å². The van der Waals surface area contributed by atoms with Gasteiger partial charge in [0.1, 0.15) is 11.6 Å². The van der Waals surface area contributed by atoms with E-state index in [0.717, 1.165) is 29.8 Å². The number of halogens is 1. The van der Waals surface area contributed by atoms with E-state index in [1.165, 1.54) is 25.0 Å². The number of hydrogen-bond acceptors (Lipinski definition) is 2. The molecule has 0 bridgehead atoms. The molecule has 2 heterocycles. The molecule has 1 fully saturated rings. The molecule has 1 aliphatic heterocycles. The van der Waals surface area contributed by atoms with Crippen molar-refractivity contribution in [1.82, 2.24) is 14.9 Å². The Kier molecular flexibility index (Phi) is 2.59. The average molecular weight is 233 g/mol. The molecule has 0 spiro atoms. The van der Waals surface area contributed by atoms with Crippen molar-refractivity contribution in [2.45, 2.75) is 25.3 Å². The second kappa shape index (κ2) is 4.11. The van der Waals surface area contributed by atoms with Gasteiger partial charge in [-0.1, -0.05) is 6.42 Å². The van der Waals surface area contributed by atoms with E-state index in [4.69, 9.17) is 0 Å². The molecule has 3 rings (SSSR count). The Bertz CT molecular complexity index is 541. The van der Waals surface area contributed by atoms with E-state index in [1.807, 2.05) is 7.05 Å². The fourth-order valence-electron chi connectivity index (χ4n) is 2.58. The van der Waals surface area contributed by atoms with Crippen LogP contribution in [0.25, 0.3) is 11.0 Å². The third-order valence-corrected chi connectivity index (χ3v) is 3.50. The molecule has 0 aliphatic carbocycles. The SMILES string of the molecule is Cn1c(C2CCCCN2)nc2cc(F)ccc21. The first-order valence-electron chi connectivity index (χ1n) is 6.11. The molecule has 0 saturated carbocycles. The van der Waals surface area contributed by atoms with Crippen LogP contribution in [0, 0.1) is 5.82 Å². The van der Waals surface area contributed by atoms with Crippen molar-refractivity contribution in [2.24, 2.45) is 7.05 Å². The molecule has 1 atom stereocenters. The van der Waals surface area contributed by atoms with Gasteiger partial charge < -0.3 is 9.88 Å². The van der Waals surface area contributed by atoms with Gasteiger partial charge in [-0.25, -0.2) is 9.37 Å². The first kappa shape index (κ1) is 10.7. The van der Waals surface area contributed by atoms with Gasteiger partial charge in [0.2, 0.25) is 0 Å². The number of benzene rings is 1. The van der Waals surface area contributed by atoms with Gasteiger partial charge in [-0.05, 0) is 31.5 Å². The molecular weight excluding hydrogens is 217 g/mol. The van der Waals surface area contributed by atoms with Crippen molar-refractivity contribution < 1.29 is 4.39 Å². The summed E-state index contributed by atoms with van der Waals surface area (Å²) in [5, 5.41) is 3.47. The first-order chi connectivity index (χ1) is 8.25. The van der Waals surface area contributed by atoms with Gasteiger partial charge in [-0.15, -0.1) is 0 Å². The monoisotopic (exact) mass is 233 g/mol. The van der Waals surface area contributed by atoms with Crippen LogP contribution in [0.4, 0.5) is 4.39 Å². The van der Waals surface area contributed by atoms with Gasteiger partial charge in [0.15, 0.2) is 0 Å². The summed E-state index contributed by atoms with van der Waals surface area (Å²) < 4.78 is 15.2. The summed E-state index contributed by atoms with van der Waals surface area (Å²) >= 11 is 0. The lowest BCUT2D eigenvalue weighted by atomic mass is 10.0. The van der Waals surface area contributed by atoms with Gasteiger partial charge in [0.05, 0.1) is 17.1 Å². The van der Waals surface area contributed by atoms with Gasteiger partial charge >= 0.3 is 0 Å². The molecule has 17 heavy (non-hydrogen) atoms. The topological polar surface area (TPSA) is 29.9 Å². The van der Waals surface area contributed by atoms with Crippen LogP contribution in [-0.4, -0.2) is 16.1 Å². The van der Waals surface area contributed by atoms with E-state index in [9.17, 15) is 4.39 Å². The van der Waals surface area contributed by atoms with Crippen LogP contribution in [-0.2, 0) is 7.05 Å². The highest BCUT2D eigenvalue weighted by atomic mass is 19.1. The lowest BCUT2D eigenvalue weighted by Crippen LogP contribution is -2.28. The molecule has 1 aromatic heterocycles. The Morgan fingerprint density at radius 3 is 3.06 bits per heavy atom. The number of hydrogen-bond donors (Lipinski definition) is 1. The highest BCUT2D eigenvalue weighted by Gasteiger charge is 2.20. The minimum Gasteiger partial charge on any atom is -0.330 e. The van der Waals surface area contributed by atoms with Crippen molar-refractivity contribution >= 4 is 11.0 Å². The second-order valence-corrected chi connectivity index (χ2v) is 4.66. The highest BCUT2D eigenvalue weighted by molar-refractivity contribution is 5.76. The van der Waals surface area contributed by atoms with Crippen LogP contribution in [0.2, 0.25) is 0 Å². The molecule has 1 aliphatic rings. The van der Waals surface area contributed by atoms with E-state index in [2.05, 4.69) is 14.9 Å². The number of piperidine rings is 1. The Labute approximate surface area is 99.7 Å². The predicted octanol–water partition coefficient (Wildman–Crippen LogP) is 2.53. The molecule has 0 amide bonds. The summed E-state index contributed by atoms with van der Waals surface area (Å²) in [5.74, 6) is 0.795. The van der Waals surface area contributed by atoms with E-state index in [1.54, 1.807) is 6.07 Å². The van der Waals surface area contributed by atoms with Gasteiger partial charge in [0.25, 0.3) is 0 Å². The minimum absolute atomic E-state index is 0.223. The van der Waals surface area contributed by atoms with Crippen molar-refractivity contribution in [3.05, 3.63) is 29.8 Å². The van der Waals surface area contributed by atoms with Crippen molar-refractivity contribution in [3.63, 3.8) is 0 Å². The molecule has 0 radical (unpaired) electrons. The van der Waals surface area contributed by atoms with Crippen LogP contribution >= 0.6 is 0 Å². The van der Waals surface area contributed by atoms with E-state index in [0.29, 0.717) is 6.04 Å². The summed E-state index contributed by atoms with van der Waals surface area (Å²) in [6.07, 6.45) is 3.57. The number of aromatic nitrogens is 2. The van der Waals surface area contributed by atoms with Crippen molar-refractivity contribution in [3.8, 4) is 0 Å². The zero-order valence-electron chi connectivity index (χ0n) is 9.91. The summed E-state index contributed by atoms with van der Waals surface area (Å²) in [5.41, 5.74) is 1.74. The lowest BCUT2D eigenvalue weighted by molar-refractivity contribution is 0.392. The number of imidazole rings is 1. The van der Waals surface area contributed by atoms with Gasteiger partial charge in [-0.2, -0.15) is 0 Å². The van der Waals surface area contributed by atoms with Crippen molar-refractivity contribution in [1.29, 1.82) is 0 Å². The fourth-order valence-corrected chi connectivity index (χ4v) is 2.58. The Balaban J connectivity index is 2.07. The van der Waals surface area contributed by atoms with Gasteiger partial charge in [-0.3, -0.25) is 0 Å². The lowest BCUT2D eigenvalue weighted by Gasteiger charge is -2.22. The van der Waals surface area contributed by atoms with Crippen molar-refractivity contribution in [2.75, 3.05) is 6.54 Å². The van der Waals surface area contributed by atoms with E-state index in [-0.39, 0.29) is 5.82 Å². The Morgan fingerprint density at radius 1 is 1.41 bits per heavy atom. The number of rotatable bonds is 1. The molecule has 1 unspecified atom stereocenters. The highest BCUT2D eigenvalue weighted by Crippen LogP contribution is 2.25. The van der Waals surface area contributed by atoms with Crippen LogP contribution in [0.3, 0.4) is 0 Å². The van der Waals surface area contributed by atoms with Crippen LogP contribution in [0.15, 0.2) is 18.2 Å². The predicted molar refractivity (Wildman–Crippen MR) is 65.3 cm³/mol. The maximum absolute atomic E-state index is 13.2. The molecule has 1 aromatic carbocycles. The van der Waals surface area contributed by atoms with Crippen LogP contribution < -0.4 is 5.32 Å². The zero-order valence-corrected chi connectivity index (χ0v) is 9.91. The maximum atomic E-state index is 13.2. The molecular formula is C13H16FN3. The maximum Gasteiger partial charge on any atom is 0.126 e. The molecule has 4 heteroatoms. The summed E-state index contributed by atoms with van der Waals surface area (Å²) in [6.45, 7) is 1.04. The third kappa shape index (κ3) is 1.82. The molecule has 3 nitrogen and oxygen atoms in total. The normalized spacial score (nSPS) is 20.9.